The summed E-state index contributed by atoms with van der Waals surface area (Å²) in [6.45, 7) is 7.26. The molecule has 68 valence electrons. The van der Waals surface area contributed by atoms with Gasteiger partial charge in [0.25, 0.3) is 7.63 Å². The van der Waals surface area contributed by atoms with Gasteiger partial charge in [0, 0.05) is 6.61 Å². The summed E-state index contributed by atoms with van der Waals surface area (Å²) in [6, 6.07) is 2.05. The van der Waals surface area contributed by atoms with Gasteiger partial charge in [0.15, 0.2) is 0 Å². The van der Waals surface area contributed by atoms with Crippen molar-refractivity contribution in [2.45, 2.75) is 45.7 Å². The first-order valence-electron chi connectivity index (χ1n) is 4.51. The molecule has 0 unspecified atom stereocenters. The second-order valence-electron chi connectivity index (χ2n) is 2.79. The Morgan fingerprint density at radius 1 is 1.18 bits per heavy atom. The van der Waals surface area contributed by atoms with Crippen molar-refractivity contribution >= 4 is 18.7 Å². The van der Waals surface area contributed by atoms with E-state index in [1.165, 1.54) is 6.42 Å². The van der Waals surface area contributed by atoms with Gasteiger partial charge in [-0.1, -0.05) is 27.2 Å². The van der Waals surface area contributed by atoms with Crippen molar-refractivity contribution in [1.82, 2.24) is 0 Å². The van der Waals surface area contributed by atoms with Gasteiger partial charge in [-0.25, -0.2) is 0 Å². The van der Waals surface area contributed by atoms with Crippen LogP contribution in [0.25, 0.3) is 0 Å². The first kappa shape index (κ1) is 11.5. The number of halogens is 1. The summed E-state index contributed by atoms with van der Waals surface area (Å²) in [5.41, 5.74) is 0. The second kappa shape index (κ2) is 6.04. The Morgan fingerprint density at radius 2 is 1.73 bits per heavy atom. The topological polar surface area (TPSA) is 9.23 Å². The smallest absolute Gasteiger partial charge is 0.289 e. The predicted molar refractivity (Wildman–Crippen MR) is 53.4 cm³/mol. The van der Waals surface area contributed by atoms with Crippen LogP contribution in [0.2, 0.25) is 12.1 Å². The molecular weight excluding hydrogens is 176 g/mol. The summed E-state index contributed by atoms with van der Waals surface area (Å²) in [5.74, 6) is 0. The molecule has 0 aliphatic heterocycles. The Bertz CT molecular complexity index is 94.1. The van der Waals surface area contributed by atoms with E-state index in [9.17, 15) is 0 Å². The highest BCUT2D eigenvalue weighted by molar-refractivity contribution is 7.16. The van der Waals surface area contributed by atoms with Crippen molar-refractivity contribution in [3.8, 4) is 0 Å². The lowest BCUT2D eigenvalue weighted by Crippen LogP contribution is -2.29. The summed E-state index contributed by atoms with van der Waals surface area (Å²) in [7, 11) is -1.76. The van der Waals surface area contributed by atoms with Gasteiger partial charge in [0.1, 0.15) is 0 Å². The van der Waals surface area contributed by atoms with E-state index in [2.05, 4.69) is 20.8 Å². The first-order valence-corrected chi connectivity index (χ1v) is 7.84. The van der Waals surface area contributed by atoms with Gasteiger partial charge in [0.2, 0.25) is 0 Å². The van der Waals surface area contributed by atoms with Crippen LogP contribution in [-0.4, -0.2) is 14.2 Å². The molecule has 0 bridgehead atoms. The van der Waals surface area contributed by atoms with Crippen LogP contribution in [0, 0.1) is 0 Å². The van der Waals surface area contributed by atoms with Crippen LogP contribution in [-0.2, 0) is 4.43 Å². The lowest BCUT2D eigenvalue weighted by atomic mass is 10.4. The quantitative estimate of drug-likeness (QED) is 0.357. The van der Waals surface area contributed by atoms with Gasteiger partial charge in [-0.05, 0) is 18.5 Å². The summed E-state index contributed by atoms with van der Waals surface area (Å²) in [5, 5.41) is 0. The van der Waals surface area contributed by atoms with Crippen LogP contribution in [0.5, 0.6) is 0 Å². The Morgan fingerprint density at radius 3 is 2.09 bits per heavy atom. The zero-order valence-electron chi connectivity index (χ0n) is 7.82. The average molecular weight is 195 g/mol. The van der Waals surface area contributed by atoms with Crippen molar-refractivity contribution in [1.29, 1.82) is 0 Å². The molecule has 0 radical (unpaired) electrons. The number of hydrogen-bond acceptors (Lipinski definition) is 1. The van der Waals surface area contributed by atoms with Crippen LogP contribution in [0.4, 0.5) is 0 Å². The van der Waals surface area contributed by atoms with Crippen molar-refractivity contribution in [2.75, 3.05) is 6.61 Å². The minimum atomic E-state index is -1.76. The molecule has 11 heavy (non-hydrogen) atoms. The molecule has 3 heteroatoms. The molecule has 0 amide bonds. The third-order valence-electron chi connectivity index (χ3n) is 1.91. The molecule has 0 spiro atoms. The maximum atomic E-state index is 6.26. The maximum absolute atomic E-state index is 6.26. The van der Waals surface area contributed by atoms with Gasteiger partial charge in [-0.15, -0.1) is 11.1 Å². The fourth-order valence-electron chi connectivity index (χ4n) is 0.854. The van der Waals surface area contributed by atoms with E-state index in [1.54, 1.807) is 0 Å². The molecule has 0 aromatic rings. The molecule has 0 aliphatic rings. The van der Waals surface area contributed by atoms with Gasteiger partial charge in [-0.3, -0.25) is 0 Å². The summed E-state index contributed by atoms with van der Waals surface area (Å²) in [6.07, 6.45) is 2.33. The molecule has 0 saturated carbocycles. The lowest BCUT2D eigenvalue weighted by molar-refractivity contribution is 0.304. The maximum Gasteiger partial charge on any atom is 0.289 e. The normalized spacial score (nSPS) is 12.0. The third kappa shape index (κ3) is 4.83. The molecule has 0 aromatic heterocycles. The van der Waals surface area contributed by atoms with Crippen LogP contribution in [0.1, 0.15) is 33.6 Å². The van der Waals surface area contributed by atoms with Crippen molar-refractivity contribution in [3.05, 3.63) is 0 Å². The fraction of sp³-hybridized carbons (Fsp3) is 1.00. The SMILES string of the molecule is CCCCO[Si](Cl)(CC)CC. The van der Waals surface area contributed by atoms with Crippen molar-refractivity contribution in [3.63, 3.8) is 0 Å². The van der Waals surface area contributed by atoms with Crippen LogP contribution >= 0.6 is 11.1 Å². The molecule has 0 aliphatic carbocycles. The lowest BCUT2D eigenvalue weighted by Gasteiger charge is -2.20. The van der Waals surface area contributed by atoms with Gasteiger partial charge in [0.05, 0.1) is 0 Å². The molecule has 0 atom stereocenters. The van der Waals surface area contributed by atoms with Gasteiger partial charge < -0.3 is 4.43 Å². The monoisotopic (exact) mass is 194 g/mol. The zero-order valence-corrected chi connectivity index (χ0v) is 9.58. The predicted octanol–water partition coefficient (Wildman–Crippen LogP) is 3.52. The highest BCUT2D eigenvalue weighted by Gasteiger charge is 2.27. The van der Waals surface area contributed by atoms with Crippen molar-refractivity contribution < 1.29 is 4.43 Å². The van der Waals surface area contributed by atoms with Gasteiger partial charge >= 0.3 is 0 Å². The van der Waals surface area contributed by atoms with E-state index in [0.717, 1.165) is 25.1 Å². The molecule has 0 fully saturated rings. The molecule has 0 saturated heterocycles. The largest absolute Gasteiger partial charge is 0.403 e. The third-order valence-corrected chi connectivity index (χ3v) is 6.68. The fourth-order valence-corrected chi connectivity index (χ4v) is 2.50. The van der Waals surface area contributed by atoms with E-state index in [0.29, 0.717) is 0 Å². The van der Waals surface area contributed by atoms with Crippen LogP contribution in [0.3, 0.4) is 0 Å². The molecular formula is C8H19ClOSi. The summed E-state index contributed by atoms with van der Waals surface area (Å²) >= 11 is 6.26. The van der Waals surface area contributed by atoms with E-state index in [4.69, 9.17) is 15.5 Å². The summed E-state index contributed by atoms with van der Waals surface area (Å²) in [4.78, 5) is 0. The highest BCUT2D eigenvalue weighted by Crippen LogP contribution is 2.21. The number of rotatable bonds is 6. The zero-order chi connectivity index (χ0) is 8.74. The average Bonchev–Trinajstić information content (AvgIpc) is 2.05. The van der Waals surface area contributed by atoms with Crippen LogP contribution < -0.4 is 0 Å². The van der Waals surface area contributed by atoms with E-state index in [1.807, 2.05) is 0 Å². The Kier molecular flexibility index (Phi) is 6.29. The summed E-state index contributed by atoms with van der Waals surface area (Å²) < 4.78 is 5.67. The highest BCUT2D eigenvalue weighted by atomic mass is 35.6. The molecule has 0 heterocycles. The number of unbranched alkanes of at least 4 members (excludes halogenated alkanes) is 1. The molecule has 1 nitrogen and oxygen atoms in total. The minimum Gasteiger partial charge on any atom is -0.403 e. The molecule has 0 rings (SSSR count). The second-order valence-corrected chi connectivity index (χ2v) is 8.33. The van der Waals surface area contributed by atoms with Gasteiger partial charge in [-0.2, -0.15) is 0 Å². The number of hydrogen-bond donors (Lipinski definition) is 0. The molecule has 0 aromatic carbocycles. The molecule has 0 N–H and O–H groups in total. The Hall–Kier alpha value is 0.467. The van der Waals surface area contributed by atoms with Crippen LogP contribution in [0.15, 0.2) is 0 Å². The Balaban J connectivity index is 3.51. The Labute approximate surface area is 75.9 Å². The minimum absolute atomic E-state index is 0.855. The van der Waals surface area contributed by atoms with Crippen molar-refractivity contribution in [2.24, 2.45) is 0 Å². The van der Waals surface area contributed by atoms with E-state index in [-0.39, 0.29) is 0 Å². The van der Waals surface area contributed by atoms with E-state index >= 15 is 0 Å². The van der Waals surface area contributed by atoms with E-state index < -0.39 is 7.63 Å². The first-order chi connectivity index (χ1) is 5.18. The standard InChI is InChI=1S/C8H19ClOSi/c1-4-7-8-10-11(9,5-2)6-3/h4-8H2,1-3H3.